The summed E-state index contributed by atoms with van der Waals surface area (Å²) in [5, 5.41) is 3.58. The Labute approximate surface area is 113 Å². The first kappa shape index (κ1) is 15.2. The summed E-state index contributed by atoms with van der Waals surface area (Å²) in [5.41, 5.74) is 4.67. The molecule has 1 heteroatoms. The Kier molecular flexibility index (Phi) is 4.61. The molecule has 0 unspecified atom stereocenters. The van der Waals surface area contributed by atoms with Gasteiger partial charge in [-0.3, -0.25) is 0 Å². The summed E-state index contributed by atoms with van der Waals surface area (Å²) in [6.45, 7) is 16.8. The van der Waals surface area contributed by atoms with Crippen molar-refractivity contribution < 1.29 is 0 Å². The van der Waals surface area contributed by atoms with E-state index in [0.717, 1.165) is 13.0 Å². The number of benzene rings is 1. The van der Waals surface area contributed by atoms with Crippen LogP contribution in [0.5, 0.6) is 0 Å². The lowest BCUT2D eigenvalue weighted by molar-refractivity contribution is 0.379. The Morgan fingerprint density at radius 2 is 1.61 bits per heavy atom. The fraction of sp³-hybridized carbons (Fsp3) is 0.647. The molecule has 1 aromatic carbocycles. The summed E-state index contributed by atoms with van der Waals surface area (Å²) < 4.78 is 0. The molecule has 0 aliphatic heterocycles. The van der Waals surface area contributed by atoms with Crippen LogP contribution in [0.1, 0.15) is 57.7 Å². The first-order valence-electron chi connectivity index (χ1n) is 6.95. The predicted molar refractivity (Wildman–Crippen MR) is 81.3 cm³/mol. The lowest BCUT2D eigenvalue weighted by Gasteiger charge is -2.30. The monoisotopic (exact) mass is 247 g/mol. The van der Waals surface area contributed by atoms with Gasteiger partial charge in [0.15, 0.2) is 0 Å². The van der Waals surface area contributed by atoms with Crippen molar-refractivity contribution >= 4 is 0 Å². The minimum Gasteiger partial charge on any atom is -0.312 e. The van der Waals surface area contributed by atoms with Gasteiger partial charge in [-0.1, -0.05) is 37.6 Å². The summed E-state index contributed by atoms with van der Waals surface area (Å²) in [6, 6.07) is 6.80. The van der Waals surface area contributed by atoms with Crippen LogP contribution in [-0.4, -0.2) is 12.1 Å². The molecule has 0 radical (unpaired) electrons. The molecule has 0 spiro atoms. The Balaban J connectivity index is 2.73. The molecular formula is C17H29N. The number of hydrogen-bond donors (Lipinski definition) is 1. The van der Waals surface area contributed by atoms with Crippen LogP contribution in [0.2, 0.25) is 0 Å². The zero-order valence-corrected chi connectivity index (χ0v) is 13.1. The largest absolute Gasteiger partial charge is 0.312 e. The molecule has 102 valence electrons. The summed E-state index contributed by atoms with van der Waals surface area (Å²) in [6.07, 6.45) is 1.16. The standard InChI is InChI=1S/C17H29N/c1-13-8-9-15(14(2)12-13)17(6,7)10-11-18-16(3,4)5/h8-9,12,18H,10-11H2,1-7H3. The van der Waals surface area contributed by atoms with E-state index in [1.54, 1.807) is 0 Å². The van der Waals surface area contributed by atoms with Gasteiger partial charge in [-0.25, -0.2) is 0 Å². The normalized spacial score (nSPS) is 12.8. The highest BCUT2D eigenvalue weighted by Gasteiger charge is 2.22. The number of nitrogens with one attached hydrogen (secondary N) is 1. The molecule has 0 amide bonds. The summed E-state index contributed by atoms with van der Waals surface area (Å²) in [4.78, 5) is 0. The van der Waals surface area contributed by atoms with Gasteiger partial charge in [0.25, 0.3) is 0 Å². The van der Waals surface area contributed by atoms with Crippen molar-refractivity contribution in [1.82, 2.24) is 5.32 Å². The molecular weight excluding hydrogens is 218 g/mol. The first-order chi connectivity index (χ1) is 8.12. The highest BCUT2D eigenvalue weighted by Crippen LogP contribution is 2.29. The van der Waals surface area contributed by atoms with Crippen molar-refractivity contribution in [3.63, 3.8) is 0 Å². The van der Waals surface area contributed by atoms with E-state index in [2.05, 4.69) is 72.0 Å². The number of hydrogen-bond acceptors (Lipinski definition) is 1. The van der Waals surface area contributed by atoms with Crippen molar-refractivity contribution in [1.29, 1.82) is 0 Å². The Morgan fingerprint density at radius 3 is 2.11 bits per heavy atom. The molecule has 1 nitrogen and oxygen atoms in total. The fourth-order valence-electron chi connectivity index (χ4n) is 2.46. The highest BCUT2D eigenvalue weighted by atomic mass is 14.9. The second-order valence-electron chi connectivity index (χ2n) is 7.13. The Hall–Kier alpha value is -0.820. The van der Waals surface area contributed by atoms with Gasteiger partial charge < -0.3 is 5.32 Å². The predicted octanol–water partition coefficient (Wildman–Crippen LogP) is 4.36. The molecule has 0 bridgehead atoms. The second kappa shape index (κ2) is 5.44. The van der Waals surface area contributed by atoms with Gasteiger partial charge in [-0.2, -0.15) is 0 Å². The average molecular weight is 247 g/mol. The molecule has 0 aliphatic rings. The molecule has 0 heterocycles. The van der Waals surface area contributed by atoms with Gasteiger partial charge in [0, 0.05) is 5.54 Å². The van der Waals surface area contributed by atoms with Gasteiger partial charge in [0.1, 0.15) is 0 Å². The van der Waals surface area contributed by atoms with Crippen molar-refractivity contribution in [2.45, 2.75) is 65.8 Å². The van der Waals surface area contributed by atoms with E-state index in [-0.39, 0.29) is 11.0 Å². The third-order valence-electron chi connectivity index (χ3n) is 3.52. The topological polar surface area (TPSA) is 12.0 Å². The maximum atomic E-state index is 3.58. The fourth-order valence-corrected chi connectivity index (χ4v) is 2.46. The Bertz CT molecular complexity index is 397. The minimum atomic E-state index is 0.207. The third kappa shape index (κ3) is 4.45. The van der Waals surface area contributed by atoms with Gasteiger partial charge in [-0.15, -0.1) is 0 Å². The molecule has 1 aromatic rings. The van der Waals surface area contributed by atoms with Gasteiger partial charge in [-0.05, 0) is 64.1 Å². The lowest BCUT2D eigenvalue weighted by atomic mass is 9.79. The van der Waals surface area contributed by atoms with E-state index in [0.29, 0.717) is 0 Å². The van der Waals surface area contributed by atoms with Crippen LogP contribution in [0.4, 0.5) is 0 Å². The lowest BCUT2D eigenvalue weighted by Crippen LogP contribution is -2.38. The molecule has 0 saturated carbocycles. The molecule has 0 fully saturated rings. The average Bonchev–Trinajstić information content (AvgIpc) is 2.13. The minimum absolute atomic E-state index is 0.207. The van der Waals surface area contributed by atoms with Crippen LogP contribution >= 0.6 is 0 Å². The quantitative estimate of drug-likeness (QED) is 0.833. The zero-order chi connectivity index (χ0) is 14.0. The van der Waals surface area contributed by atoms with E-state index in [1.165, 1.54) is 16.7 Å². The van der Waals surface area contributed by atoms with Crippen LogP contribution in [0.25, 0.3) is 0 Å². The SMILES string of the molecule is Cc1ccc(C(C)(C)CCNC(C)(C)C)c(C)c1. The van der Waals surface area contributed by atoms with E-state index in [4.69, 9.17) is 0 Å². The van der Waals surface area contributed by atoms with E-state index < -0.39 is 0 Å². The maximum absolute atomic E-state index is 3.58. The maximum Gasteiger partial charge on any atom is 0.00965 e. The molecule has 18 heavy (non-hydrogen) atoms. The van der Waals surface area contributed by atoms with Crippen LogP contribution in [0.15, 0.2) is 18.2 Å². The van der Waals surface area contributed by atoms with Crippen molar-refractivity contribution in [3.8, 4) is 0 Å². The molecule has 1 N–H and O–H groups in total. The number of aryl methyl sites for hydroxylation is 2. The van der Waals surface area contributed by atoms with E-state index in [9.17, 15) is 0 Å². The van der Waals surface area contributed by atoms with Gasteiger partial charge in [0.05, 0.1) is 0 Å². The second-order valence-corrected chi connectivity index (χ2v) is 7.13. The zero-order valence-electron chi connectivity index (χ0n) is 13.1. The van der Waals surface area contributed by atoms with Crippen molar-refractivity contribution in [2.75, 3.05) is 6.54 Å². The van der Waals surface area contributed by atoms with Crippen LogP contribution in [0, 0.1) is 13.8 Å². The van der Waals surface area contributed by atoms with Gasteiger partial charge >= 0.3 is 0 Å². The summed E-state index contributed by atoms with van der Waals surface area (Å²) in [5.74, 6) is 0. The van der Waals surface area contributed by atoms with Crippen molar-refractivity contribution in [2.24, 2.45) is 0 Å². The van der Waals surface area contributed by atoms with E-state index >= 15 is 0 Å². The van der Waals surface area contributed by atoms with E-state index in [1.807, 2.05) is 0 Å². The Morgan fingerprint density at radius 1 is 1.00 bits per heavy atom. The smallest absolute Gasteiger partial charge is 0.00965 e. The summed E-state index contributed by atoms with van der Waals surface area (Å²) in [7, 11) is 0. The third-order valence-corrected chi connectivity index (χ3v) is 3.52. The van der Waals surface area contributed by atoms with Gasteiger partial charge in [0.2, 0.25) is 0 Å². The van der Waals surface area contributed by atoms with Crippen molar-refractivity contribution in [3.05, 3.63) is 34.9 Å². The van der Waals surface area contributed by atoms with Crippen LogP contribution < -0.4 is 5.32 Å². The molecule has 0 aliphatic carbocycles. The highest BCUT2D eigenvalue weighted by molar-refractivity contribution is 5.35. The number of rotatable bonds is 4. The van der Waals surface area contributed by atoms with Crippen LogP contribution in [0.3, 0.4) is 0 Å². The molecule has 0 atom stereocenters. The molecule has 1 rings (SSSR count). The molecule has 0 aromatic heterocycles. The summed E-state index contributed by atoms with van der Waals surface area (Å²) >= 11 is 0. The first-order valence-corrected chi connectivity index (χ1v) is 6.95. The van der Waals surface area contributed by atoms with Crippen LogP contribution in [-0.2, 0) is 5.41 Å². The molecule has 0 saturated heterocycles.